The molecule has 4 nitrogen and oxygen atoms in total. The molecule has 1 N–H and O–H groups in total. The molecule has 0 aliphatic heterocycles. The predicted molar refractivity (Wildman–Crippen MR) is 58.5 cm³/mol. The van der Waals surface area contributed by atoms with E-state index < -0.39 is 0 Å². The van der Waals surface area contributed by atoms with Crippen LogP contribution in [0.1, 0.15) is 17.3 Å². The second kappa shape index (κ2) is 5.14. The Labute approximate surface area is 91.8 Å². The lowest BCUT2D eigenvalue weighted by molar-refractivity contribution is 0.0949. The summed E-state index contributed by atoms with van der Waals surface area (Å²) in [4.78, 5) is 11.5. The van der Waals surface area contributed by atoms with Crippen LogP contribution in [0.15, 0.2) is 12.4 Å². The van der Waals surface area contributed by atoms with Crippen molar-refractivity contribution in [2.24, 2.45) is 13.0 Å². The van der Waals surface area contributed by atoms with Crippen LogP contribution in [-0.2, 0) is 7.05 Å². The first-order valence-electron chi connectivity index (χ1n) is 4.46. The first-order chi connectivity index (χ1) is 6.63. The topological polar surface area (TPSA) is 46.9 Å². The van der Waals surface area contributed by atoms with Gasteiger partial charge in [0.05, 0.1) is 11.8 Å². The quantitative estimate of drug-likeness (QED) is 0.826. The molecule has 0 saturated carbocycles. The van der Waals surface area contributed by atoms with Gasteiger partial charge in [-0.25, -0.2) is 0 Å². The lowest BCUT2D eigenvalue weighted by atomic mass is 10.2. The molecule has 0 fully saturated rings. The maximum Gasteiger partial charge on any atom is 0.254 e. The number of aromatic nitrogens is 2. The molecule has 1 unspecified atom stereocenters. The van der Waals surface area contributed by atoms with Crippen LogP contribution in [0.5, 0.6) is 0 Å². The molecule has 0 spiro atoms. The van der Waals surface area contributed by atoms with E-state index in [1.165, 1.54) is 0 Å². The predicted octanol–water partition coefficient (Wildman–Crippen LogP) is 1.18. The number of carbonyl (C=O) groups excluding carboxylic acids is 1. The number of aryl methyl sites for hydroxylation is 1. The number of nitrogens with one attached hydrogen (secondary N) is 1. The zero-order valence-electron chi connectivity index (χ0n) is 8.33. The number of hydrogen-bond donors (Lipinski definition) is 1. The van der Waals surface area contributed by atoms with Gasteiger partial charge < -0.3 is 5.32 Å². The summed E-state index contributed by atoms with van der Waals surface area (Å²) in [6.07, 6.45) is 3.27. The standard InChI is InChI=1S/C9H14BrN3O/c1-7(3-10)4-11-9(14)8-5-12-13(2)6-8/h5-7H,3-4H2,1-2H3,(H,11,14). The van der Waals surface area contributed by atoms with Gasteiger partial charge in [0, 0.05) is 25.1 Å². The number of halogens is 1. The molecule has 0 aliphatic rings. The maximum absolute atomic E-state index is 11.5. The lowest BCUT2D eigenvalue weighted by Crippen LogP contribution is -2.28. The van der Waals surface area contributed by atoms with Crippen molar-refractivity contribution in [2.45, 2.75) is 6.92 Å². The summed E-state index contributed by atoms with van der Waals surface area (Å²) in [5.41, 5.74) is 0.606. The first-order valence-corrected chi connectivity index (χ1v) is 5.58. The van der Waals surface area contributed by atoms with Gasteiger partial charge in [-0.15, -0.1) is 0 Å². The largest absolute Gasteiger partial charge is 0.352 e. The number of carbonyl (C=O) groups is 1. The molecule has 0 saturated heterocycles. The third-order valence-corrected chi connectivity index (χ3v) is 2.95. The first kappa shape index (κ1) is 11.2. The average molecular weight is 260 g/mol. The monoisotopic (exact) mass is 259 g/mol. The Hall–Kier alpha value is -0.840. The Kier molecular flexibility index (Phi) is 4.13. The number of alkyl halides is 1. The van der Waals surface area contributed by atoms with Crippen LogP contribution in [0.25, 0.3) is 0 Å². The lowest BCUT2D eigenvalue weighted by Gasteiger charge is -2.07. The van der Waals surface area contributed by atoms with Crippen LogP contribution in [0, 0.1) is 5.92 Å². The van der Waals surface area contributed by atoms with Crippen LogP contribution < -0.4 is 5.32 Å². The van der Waals surface area contributed by atoms with Crippen molar-refractivity contribution in [3.8, 4) is 0 Å². The molecule has 1 atom stereocenters. The highest BCUT2D eigenvalue weighted by molar-refractivity contribution is 9.09. The zero-order chi connectivity index (χ0) is 10.6. The summed E-state index contributed by atoms with van der Waals surface area (Å²) in [6, 6.07) is 0. The van der Waals surface area contributed by atoms with Gasteiger partial charge in [-0.1, -0.05) is 22.9 Å². The molecular formula is C9H14BrN3O. The summed E-state index contributed by atoms with van der Waals surface area (Å²) in [5.74, 6) is 0.376. The van der Waals surface area contributed by atoms with Crippen molar-refractivity contribution in [3.63, 3.8) is 0 Å². The van der Waals surface area contributed by atoms with E-state index in [2.05, 4.69) is 33.3 Å². The number of hydrogen-bond acceptors (Lipinski definition) is 2. The van der Waals surface area contributed by atoms with Crippen LogP contribution >= 0.6 is 15.9 Å². The molecule has 0 bridgehead atoms. The van der Waals surface area contributed by atoms with Crippen molar-refractivity contribution < 1.29 is 4.79 Å². The number of amides is 1. The third-order valence-electron chi connectivity index (χ3n) is 1.84. The van der Waals surface area contributed by atoms with E-state index >= 15 is 0 Å². The molecule has 1 heterocycles. The molecule has 1 aromatic heterocycles. The maximum atomic E-state index is 11.5. The van der Waals surface area contributed by atoms with Gasteiger partial charge in [0.1, 0.15) is 0 Å². The highest BCUT2D eigenvalue weighted by atomic mass is 79.9. The van der Waals surface area contributed by atoms with Crippen LogP contribution in [0.3, 0.4) is 0 Å². The van der Waals surface area contributed by atoms with Crippen molar-refractivity contribution in [2.75, 3.05) is 11.9 Å². The summed E-state index contributed by atoms with van der Waals surface area (Å²) in [5, 5.41) is 7.66. The molecule has 0 aliphatic carbocycles. The van der Waals surface area contributed by atoms with E-state index in [9.17, 15) is 4.79 Å². The van der Waals surface area contributed by atoms with Gasteiger partial charge in [0.15, 0.2) is 0 Å². The molecule has 14 heavy (non-hydrogen) atoms. The number of nitrogens with zero attached hydrogens (tertiary/aromatic N) is 2. The van der Waals surface area contributed by atoms with E-state index in [4.69, 9.17) is 0 Å². The van der Waals surface area contributed by atoms with E-state index in [1.54, 1.807) is 24.1 Å². The minimum absolute atomic E-state index is 0.0640. The van der Waals surface area contributed by atoms with Gasteiger partial charge in [0.25, 0.3) is 5.91 Å². The summed E-state index contributed by atoms with van der Waals surface area (Å²) in [7, 11) is 1.79. The molecule has 5 heteroatoms. The molecule has 0 radical (unpaired) electrons. The molecule has 1 rings (SSSR count). The Balaban J connectivity index is 2.43. The van der Waals surface area contributed by atoms with Crippen molar-refractivity contribution >= 4 is 21.8 Å². The number of rotatable bonds is 4. The second-order valence-corrected chi connectivity index (χ2v) is 4.02. The van der Waals surface area contributed by atoms with Crippen LogP contribution in [0.4, 0.5) is 0 Å². The molecule has 1 aromatic rings. The SMILES string of the molecule is CC(CBr)CNC(=O)c1cnn(C)c1. The normalized spacial score (nSPS) is 12.5. The van der Waals surface area contributed by atoms with Crippen molar-refractivity contribution in [3.05, 3.63) is 18.0 Å². The smallest absolute Gasteiger partial charge is 0.254 e. The highest BCUT2D eigenvalue weighted by Crippen LogP contribution is 1.99. The summed E-state index contributed by atoms with van der Waals surface area (Å²) >= 11 is 3.36. The zero-order valence-corrected chi connectivity index (χ0v) is 9.91. The van der Waals surface area contributed by atoms with Gasteiger partial charge in [-0.05, 0) is 5.92 Å². The average Bonchev–Trinajstić information content (AvgIpc) is 2.60. The summed E-state index contributed by atoms with van der Waals surface area (Å²) in [6.45, 7) is 2.75. The van der Waals surface area contributed by atoms with Crippen molar-refractivity contribution in [1.82, 2.24) is 15.1 Å². The highest BCUT2D eigenvalue weighted by Gasteiger charge is 2.08. The second-order valence-electron chi connectivity index (χ2n) is 3.37. The molecular weight excluding hydrogens is 246 g/mol. The Bertz CT molecular complexity index is 311. The third kappa shape index (κ3) is 3.14. The van der Waals surface area contributed by atoms with E-state index in [0.717, 1.165) is 5.33 Å². The van der Waals surface area contributed by atoms with Crippen molar-refractivity contribution in [1.29, 1.82) is 0 Å². The van der Waals surface area contributed by atoms with Crippen LogP contribution in [-0.4, -0.2) is 27.6 Å². The minimum atomic E-state index is -0.0640. The molecule has 0 aromatic carbocycles. The van der Waals surface area contributed by atoms with Gasteiger partial charge in [-0.3, -0.25) is 9.48 Å². The molecule has 78 valence electrons. The van der Waals surface area contributed by atoms with E-state index in [0.29, 0.717) is 18.0 Å². The summed E-state index contributed by atoms with van der Waals surface area (Å²) < 4.78 is 1.61. The fourth-order valence-electron chi connectivity index (χ4n) is 0.962. The Morgan fingerprint density at radius 1 is 1.79 bits per heavy atom. The van der Waals surface area contributed by atoms with E-state index in [-0.39, 0.29) is 5.91 Å². The Morgan fingerprint density at radius 2 is 2.50 bits per heavy atom. The van der Waals surface area contributed by atoms with Gasteiger partial charge in [0.2, 0.25) is 0 Å². The fourth-order valence-corrected chi connectivity index (χ4v) is 1.19. The molecule has 1 amide bonds. The fraction of sp³-hybridized carbons (Fsp3) is 0.556. The van der Waals surface area contributed by atoms with Crippen LogP contribution in [0.2, 0.25) is 0 Å². The minimum Gasteiger partial charge on any atom is -0.352 e. The van der Waals surface area contributed by atoms with Gasteiger partial charge >= 0.3 is 0 Å². The Morgan fingerprint density at radius 3 is 3.00 bits per heavy atom. The van der Waals surface area contributed by atoms with Gasteiger partial charge in [-0.2, -0.15) is 5.10 Å². The van der Waals surface area contributed by atoms with E-state index in [1.807, 2.05) is 0 Å².